The number of pyridine rings is 1. The van der Waals surface area contributed by atoms with Crippen LogP contribution in [0.4, 0.5) is 0 Å². The molecule has 2 aromatic carbocycles. The SMILES string of the molecule is N#Cc1c(O)c(C(=O)C(Cl)Cl)c(=O)n(-c2ccccc2)c1-c1ccccc1. The van der Waals surface area contributed by atoms with Crippen molar-refractivity contribution in [3.8, 4) is 28.8 Å². The summed E-state index contributed by atoms with van der Waals surface area (Å²) in [4.78, 5) is 23.9. The normalized spacial score (nSPS) is 10.6. The Labute approximate surface area is 164 Å². The summed E-state index contributed by atoms with van der Waals surface area (Å²) in [5, 5.41) is 20.2. The smallest absolute Gasteiger partial charge is 0.270 e. The zero-order chi connectivity index (χ0) is 19.6. The molecule has 1 N–H and O–H groups in total. The molecule has 0 saturated heterocycles. The number of aromatic nitrogens is 1. The van der Waals surface area contributed by atoms with Crippen LogP contribution in [0.15, 0.2) is 65.5 Å². The highest BCUT2D eigenvalue weighted by Gasteiger charge is 2.29. The molecule has 0 spiro atoms. The Morgan fingerprint density at radius 3 is 2.11 bits per heavy atom. The van der Waals surface area contributed by atoms with Crippen LogP contribution in [0.5, 0.6) is 5.75 Å². The third-order valence-electron chi connectivity index (χ3n) is 3.97. The lowest BCUT2D eigenvalue weighted by Gasteiger charge is -2.18. The fraction of sp³-hybridized carbons (Fsp3) is 0.0500. The van der Waals surface area contributed by atoms with Gasteiger partial charge in [-0.2, -0.15) is 5.26 Å². The number of hydrogen-bond donors (Lipinski definition) is 1. The van der Waals surface area contributed by atoms with Gasteiger partial charge in [-0.05, 0) is 12.1 Å². The van der Waals surface area contributed by atoms with Crippen molar-refractivity contribution < 1.29 is 9.90 Å². The Hall–Kier alpha value is -3.07. The molecule has 0 amide bonds. The molecule has 0 fully saturated rings. The fourth-order valence-electron chi connectivity index (χ4n) is 2.79. The first kappa shape index (κ1) is 18.7. The number of nitriles is 1. The number of benzene rings is 2. The number of ketones is 1. The molecule has 3 aromatic rings. The molecule has 0 unspecified atom stereocenters. The van der Waals surface area contributed by atoms with Crippen LogP contribution < -0.4 is 5.56 Å². The lowest BCUT2D eigenvalue weighted by molar-refractivity contribution is 0.100. The van der Waals surface area contributed by atoms with Gasteiger partial charge in [0.15, 0.2) is 10.6 Å². The molecule has 7 heteroatoms. The average molecular weight is 399 g/mol. The monoisotopic (exact) mass is 398 g/mol. The summed E-state index contributed by atoms with van der Waals surface area (Å²) >= 11 is 11.3. The molecule has 0 saturated carbocycles. The number of Topliss-reactive ketones (excluding diaryl/α,β-unsaturated/α-hetero) is 1. The van der Waals surface area contributed by atoms with Gasteiger partial charge in [0.05, 0.1) is 5.69 Å². The summed E-state index contributed by atoms with van der Waals surface area (Å²) in [5.41, 5.74) is -0.533. The van der Waals surface area contributed by atoms with Crippen molar-refractivity contribution in [3.63, 3.8) is 0 Å². The standard InChI is InChI=1S/C20H12Cl2N2O3/c21-19(22)18(26)15-17(25)14(11-23)16(12-7-3-1-4-8-12)24(20(15)27)13-9-5-2-6-10-13/h1-10,19,25H. The Balaban J connectivity index is 2.53. The zero-order valence-corrected chi connectivity index (χ0v) is 15.3. The van der Waals surface area contributed by atoms with Crippen LogP contribution in [-0.4, -0.2) is 20.3 Å². The molecule has 1 heterocycles. The van der Waals surface area contributed by atoms with Gasteiger partial charge < -0.3 is 5.11 Å². The maximum absolute atomic E-state index is 13.2. The molecule has 0 atom stereocenters. The van der Waals surface area contributed by atoms with Crippen LogP contribution in [0.2, 0.25) is 0 Å². The van der Waals surface area contributed by atoms with E-state index in [-0.39, 0.29) is 11.3 Å². The molecular formula is C20H12Cl2N2O3. The molecule has 27 heavy (non-hydrogen) atoms. The van der Waals surface area contributed by atoms with E-state index in [4.69, 9.17) is 23.2 Å². The Bertz CT molecular complexity index is 1100. The van der Waals surface area contributed by atoms with E-state index in [2.05, 4.69) is 0 Å². The Morgan fingerprint density at radius 1 is 1.04 bits per heavy atom. The number of rotatable bonds is 4. The molecule has 1 aromatic heterocycles. The molecular weight excluding hydrogens is 387 g/mol. The van der Waals surface area contributed by atoms with Crippen LogP contribution in [-0.2, 0) is 0 Å². The maximum Gasteiger partial charge on any atom is 0.270 e. The van der Waals surface area contributed by atoms with Crippen molar-refractivity contribution in [3.05, 3.63) is 82.1 Å². The predicted molar refractivity (Wildman–Crippen MR) is 104 cm³/mol. The number of carbonyl (C=O) groups is 1. The topological polar surface area (TPSA) is 83.1 Å². The summed E-state index contributed by atoms with van der Waals surface area (Å²) in [6, 6.07) is 19.0. The summed E-state index contributed by atoms with van der Waals surface area (Å²) in [7, 11) is 0. The number of carbonyl (C=O) groups excluding carboxylic acids is 1. The fourth-order valence-corrected chi connectivity index (χ4v) is 3.01. The van der Waals surface area contributed by atoms with Gasteiger partial charge in [-0.3, -0.25) is 14.2 Å². The minimum Gasteiger partial charge on any atom is -0.505 e. The van der Waals surface area contributed by atoms with E-state index in [1.165, 1.54) is 4.57 Å². The van der Waals surface area contributed by atoms with Crippen LogP contribution in [0.1, 0.15) is 15.9 Å². The van der Waals surface area contributed by atoms with E-state index in [1.807, 2.05) is 6.07 Å². The van der Waals surface area contributed by atoms with E-state index in [9.17, 15) is 20.0 Å². The van der Waals surface area contributed by atoms with E-state index in [0.29, 0.717) is 11.3 Å². The summed E-state index contributed by atoms with van der Waals surface area (Å²) in [6.45, 7) is 0. The molecule has 134 valence electrons. The van der Waals surface area contributed by atoms with Gasteiger partial charge in [0, 0.05) is 11.3 Å². The van der Waals surface area contributed by atoms with E-state index >= 15 is 0 Å². The number of nitrogens with zero attached hydrogens (tertiary/aromatic N) is 2. The average Bonchev–Trinajstić information content (AvgIpc) is 2.68. The largest absolute Gasteiger partial charge is 0.505 e. The number of halogens is 2. The third-order valence-corrected chi connectivity index (χ3v) is 4.37. The van der Waals surface area contributed by atoms with Crippen molar-refractivity contribution in [2.45, 2.75) is 4.84 Å². The Morgan fingerprint density at radius 2 is 1.59 bits per heavy atom. The molecule has 0 aliphatic heterocycles. The first-order valence-corrected chi connectivity index (χ1v) is 8.70. The van der Waals surface area contributed by atoms with Crippen LogP contribution in [0.3, 0.4) is 0 Å². The van der Waals surface area contributed by atoms with Gasteiger partial charge in [-0.15, -0.1) is 0 Å². The summed E-state index contributed by atoms with van der Waals surface area (Å²) in [5.74, 6) is -1.70. The summed E-state index contributed by atoms with van der Waals surface area (Å²) in [6.07, 6.45) is 0. The molecule has 3 rings (SSSR count). The second kappa shape index (κ2) is 7.67. The predicted octanol–water partition coefficient (Wildman–Crippen LogP) is 4.07. The third kappa shape index (κ3) is 3.33. The van der Waals surface area contributed by atoms with Gasteiger partial charge >= 0.3 is 0 Å². The highest BCUT2D eigenvalue weighted by Crippen LogP contribution is 2.33. The minimum absolute atomic E-state index is 0.170. The van der Waals surface area contributed by atoms with Gasteiger partial charge in [0.1, 0.15) is 17.2 Å². The second-order valence-electron chi connectivity index (χ2n) is 5.57. The van der Waals surface area contributed by atoms with Gasteiger partial charge in [-0.25, -0.2) is 0 Å². The van der Waals surface area contributed by atoms with Crippen molar-refractivity contribution in [2.24, 2.45) is 0 Å². The van der Waals surface area contributed by atoms with Crippen molar-refractivity contribution in [2.75, 3.05) is 0 Å². The lowest BCUT2D eigenvalue weighted by Crippen LogP contribution is -2.29. The highest BCUT2D eigenvalue weighted by molar-refractivity contribution is 6.55. The number of para-hydroxylation sites is 1. The van der Waals surface area contributed by atoms with Crippen LogP contribution in [0, 0.1) is 11.3 Å². The lowest BCUT2D eigenvalue weighted by atomic mass is 10.0. The second-order valence-corrected chi connectivity index (χ2v) is 6.66. The first-order valence-electron chi connectivity index (χ1n) is 7.82. The Kier molecular flexibility index (Phi) is 5.31. The number of hydrogen-bond acceptors (Lipinski definition) is 4. The van der Waals surface area contributed by atoms with Crippen LogP contribution in [0.25, 0.3) is 16.9 Å². The zero-order valence-electron chi connectivity index (χ0n) is 13.8. The molecule has 0 radical (unpaired) electrons. The van der Waals surface area contributed by atoms with Gasteiger partial charge in [0.25, 0.3) is 5.56 Å². The molecule has 5 nitrogen and oxygen atoms in total. The summed E-state index contributed by atoms with van der Waals surface area (Å²) < 4.78 is 1.21. The maximum atomic E-state index is 13.2. The quantitative estimate of drug-likeness (QED) is 0.530. The molecule has 0 aliphatic rings. The highest BCUT2D eigenvalue weighted by atomic mass is 35.5. The first-order chi connectivity index (χ1) is 13.0. The number of alkyl halides is 2. The molecule has 0 aliphatic carbocycles. The van der Waals surface area contributed by atoms with Gasteiger partial charge in [0.2, 0.25) is 5.78 Å². The minimum atomic E-state index is -1.55. The van der Waals surface area contributed by atoms with Crippen molar-refractivity contribution in [1.29, 1.82) is 5.26 Å². The number of aromatic hydroxyl groups is 1. The van der Waals surface area contributed by atoms with Gasteiger partial charge in [-0.1, -0.05) is 71.7 Å². The van der Waals surface area contributed by atoms with Crippen molar-refractivity contribution in [1.82, 2.24) is 4.57 Å². The van der Waals surface area contributed by atoms with E-state index in [1.54, 1.807) is 60.7 Å². The van der Waals surface area contributed by atoms with E-state index < -0.39 is 27.5 Å². The van der Waals surface area contributed by atoms with Crippen LogP contribution >= 0.6 is 23.2 Å². The van der Waals surface area contributed by atoms with E-state index in [0.717, 1.165) is 0 Å². The molecule has 0 bridgehead atoms. The van der Waals surface area contributed by atoms with Crippen molar-refractivity contribution >= 4 is 29.0 Å².